The van der Waals surface area contributed by atoms with Gasteiger partial charge in [-0.25, -0.2) is 0 Å². The normalized spacial score (nSPS) is 7.77. The Morgan fingerprint density at radius 3 is 2.69 bits per heavy atom. The molecule has 0 N–H and O–H groups in total. The summed E-state index contributed by atoms with van der Waals surface area (Å²) in [5.74, 6) is 0.224. The van der Waals surface area contributed by atoms with Crippen molar-refractivity contribution in [2.24, 2.45) is 0 Å². The number of hydrogen-bond acceptors (Lipinski definition) is 1. The molecule has 0 spiro atoms. The van der Waals surface area contributed by atoms with Crippen LogP contribution in [0.25, 0.3) is 0 Å². The summed E-state index contributed by atoms with van der Waals surface area (Å²) in [4.78, 5) is 0. The van der Waals surface area contributed by atoms with E-state index in [0.717, 1.165) is 0 Å². The molecule has 0 radical (unpaired) electrons. The van der Waals surface area contributed by atoms with E-state index in [4.69, 9.17) is 4.74 Å². The summed E-state index contributed by atoms with van der Waals surface area (Å²) < 4.78 is 17.4. The van der Waals surface area contributed by atoms with Crippen LogP contribution in [0.3, 0.4) is 0 Å². The van der Waals surface area contributed by atoms with E-state index in [0.29, 0.717) is 12.4 Å². The van der Waals surface area contributed by atoms with Crippen molar-refractivity contribution in [2.75, 3.05) is 6.61 Å². The van der Waals surface area contributed by atoms with Crippen molar-refractivity contribution in [1.82, 2.24) is 0 Å². The van der Waals surface area contributed by atoms with Crippen molar-refractivity contribution in [1.29, 1.82) is 0 Å². The van der Waals surface area contributed by atoms with E-state index in [9.17, 15) is 4.39 Å². The van der Waals surface area contributed by atoms with Crippen LogP contribution in [0.4, 0.5) is 4.39 Å². The van der Waals surface area contributed by atoms with Crippen LogP contribution in [0, 0.1) is 11.9 Å². The molecular weight excluding hydrogens is 247 g/mol. The third kappa shape index (κ3) is 6.07. The average Bonchev–Trinajstić information content (AvgIpc) is 2.04. The van der Waals surface area contributed by atoms with Crippen LogP contribution >= 0.6 is 0 Å². The summed E-state index contributed by atoms with van der Waals surface area (Å²) in [7, 11) is 0. The molecule has 0 unspecified atom stereocenters. The summed E-state index contributed by atoms with van der Waals surface area (Å²) >= 11 is 0. The maximum absolute atomic E-state index is 12.3. The Kier molecular flexibility index (Phi) is 10.1. The minimum Gasteiger partial charge on any atom is -1.00 e. The number of halogens is 2. The summed E-state index contributed by atoms with van der Waals surface area (Å²) in [6.07, 6.45) is 1.62. The number of benzene rings is 1. The van der Waals surface area contributed by atoms with Crippen LogP contribution < -0.4 is 21.7 Å². The van der Waals surface area contributed by atoms with Crippen molar-refractivity contribution in [3.8, 4) is 5.75 Å². The van der Waals surface area contributed by atoms with Gasteiger partial charge in [0.2, 0.25) is 0 Å². The molecule has 0 bridgehead atoms. The maximum atomic E-state index is 12.3. The average molecular weight is 255 g/mol. The van der Waals surface area contributed by atoms with Crippen LogP contribution in [0.2, 0.25) is 0 Å². The van der Waals surface area contributed by atoms with E-state index in [1.165, 1.54) is 18.2 Å². The van der Waals surface area contributed by atoms with E-state index in [1.54, 1.807) is 6.08 Å². The Hall–Kier alpha value is -0.0638. The maximum Gasteiger partial charge on any atom is 2.00 e. The first-order valence-corrected chi connectivity index (χ1v) is 3.24. The zero-order valence-electron chi connectivity index (χ0n) is 7.09. The van der Waals surface area contributed by atoms with Gasteiger partial charge in [-0.15, -0.1) is 24.3 Å². The first-order chi connectivity index (χ1) is 5.33. The fraction of sp³-hybridized carbons (Fsp3) is 0.111. The van der Waals surface area contributed by atoms with Gasteiger partial charge < -0.3 is 21.7 Å². The molecule has 0 aliphatic carbocycles. The van der Waals surface area contributed by atoms with Crippen LogP contribution in [0.5, 0.6) is 5.75 Å². The quantitative estimate of drug-likeness (QED) is 0.375. The number of ether oxygens (including phenoxy) is 1. The van der Waals surface area contributed by atoms with Crippen LogP contribution in [-0.2, 0) is 0 Å². The molecule has 0 atom stereocenters. The largest absolute Gasteiger partial charge is 2.00 e. The molecule has 0 aliphatic rings. The molecule has 66 valence electrons. The molecule has 1 aromatic rings. The van der Waals surface area contributed by atoms with Gasteiger partial charge in [0.25, 0.3) is 0 Å². The SMILES string of the molecule is C=CCOc1[c-]cc(F)cc1.[Br-].[Mg+2]. The Morgan fingerprint density at radius 2 is 2.23 bits per heavy atom. The molecule has 0 aromatic heterocycles. The van der Waals surface area contributed by atoms with E-state index in [2.05, 4.69) is 12.6 Å². The smallest absolute Gasteiger partial charge is 1.00 e. The Balaban J connectivity index is 0. The first kappa shape index (κ1) is 15.4. The minimum absolute atomic E-state index is 0. The van der Waals surface area contributed by atoms with Crippen LogP contribution in [0.1, 0.15) is 0 Å². The molecule has 0 heterocycles. The zero-order valence-corrected chi connectivity index (χ0v) is 10.1. The molecule has 0 fully saturated rings. The third-order valence-electron chi connectivity index (χ3n) is 1.10. The van der Waals surface area contributed by atoms with Gasteiger partial charge in [-0.3, -0.25) is 4.39 Å². The van der Waals surface area contributed by atoms with Crippen molar-refractivity contribution in [3.05, 3.63) is 42.7 Å². The molecule has 0 aliphatic heterocycles. The molecule has 4 heteroatoms. The van der Waals surface area contributed by atoms with Gasteiger partial charge in [-0.2, -0.15) is 0 Å². The fourth-order valence-corrected chi connectivity index (χ4v) is 0.630. The molecule has 1 aromatic carbocycles. The van der Waals surface area contributed by atoms with Crippen molar-refractivity contribution >= 4 is 23.1 Å². The number of rotatable bonds is 3. The fourth-order valence-electron chi connectivity index (χ4n) is 0.630. The second kappa shape index (κ2) is 8.53. The Labute approximate surface area is 104 Å². The van der Waals surface area contributed by atoms with Gasteiger partial charge in [0.05, 0.1) is 0 Å². The Morgan fingerprint density at radius 1 is 1.54 bits per heavy atom. The van der Waals surface area contributed by atoms with Crippen LogP contribution in [-0.4, -0.2) is 29.7 Å². The monoisotopic (exact) mass is 254 g/mol. The summed E-state index contributed by atoms with van der Waals surface area (Å²) in [6, 6.07) is 6.72. The predicted octanol–water partition coefficient (Wildman–Crippen LogP) is -1.19. The van der Waals surface area contributed by atoms with E-state index in [1.807, 2.05) is 0 Å². The van der Waals surface area contributed by atoms with Crippen molar-refractivity contribution in [2.45, 2.75) is 0 Å². The topological polar surface area (TPSA) is 9.23 Å². The van der Waals surface area contributed by atoms with Gasteiger partial charge in [0.15, 0.2) is 0 Å². The summed E-state index contributed by atoms with van der Waals surface area (Å²) in [6.45, 7) is 3.90. The van der Waals surface area contributed by atoms with Gasteiger partial charge in [0.1, 0.15) is 6.61 Å². The summed E-state index contributed by atoms with van der Waals surface area (Å²) in [5.41, 5.74) is 0. The molecule has 1 nitrogen and oxygen atoms in total. The first-order valence-electron chi connectivity index (χ1n) is 3.24. The zero-order chi connectivity index (χ0) is 8.10. The molecule has 0 saturated heterocycles. The van der Waals surface area contributed by atoms with E-state index >= 15 is 0 Å². The van der Waals surface area contributed by atoms with Gasteiger partial charge in [-0.05, 0) is 0 Å². The summed E-state index contributed by atoms with van der Waals surface area (Å²) in [5, 5.41) is 0. The molecular formula is C9H8BrFMgO. The molecule has 0 saturated carbocycles. The van der Waals surface area contributed by atoms with Crippen molar-refractivity contribution in [3.63, 3.8) is 0 Å². The molecule has 1 rings (SSSR count). The van der Waals surface area contributed by atoms with Crippen molar-refractivity contribution < 1.29 is 26.1 Å². The molecule has 13 heavy (non-hydrogen) atoms. The number of hydrogen-bond donors (Lipinski definition) is 0. The van der Waals surface area contributed by atoms with Gasteiger partial charge in [0, 0.05) is 11.6 Å². The van der Waals surface area contributed by atoms with Gasteiger partial charge in [-0.1, -0.05) is 12.7 Å². The predicted molar refractivity (Wildman–Crippen MR) is 46.7 cm³/mol. The third-order valence-corrected chi connectivity index (χ3v) is 1.10. The Bertz CT molecular complexity index is 238. The van der Waals surface area contributed by atoms with Crippen LogP contribution in [0.15, 0.2) is 30.9 Å². The standard InChI is InChI=1S/C9H8FO.BrH.Mg/c1-2-7-11-9-5-3-8(10)4-6-9;;/h2-5H,1,7H2;1H;/q-1;;+2/p-1. The molecule has 0 amide bonds. The minimum atomic E-state index is -0.309. The van der Waals surface area contributed by atoms with E-state index < -0.39 is 0 Å². The second-order valence-electron chi connectivity index (χ2n) is 1.97. The van der Waals surface area contributed by atoms with E-state index in [-0.39, 0.29) is 45.9 Å². The van der Waals surface area contributed by atoms with Gasteiger partial charge >= 0.3 is 23.1 Å². The second-order valence-corrected chi connectivity index (χ2v) is 1.97.